The van der Waals surface area contributed by atoms with Crippen molar-refractivity contribution in [2.75, 3.05) is 10.5 Å². The summed E-state index contributed by atoms with van der Waals surface area (Å²) in [6.45, 7) is 3.83. The quantitative estimate of drug-likeness (QED) is 0.847. The number of anilines is 2. The highest BCUT2D eigenvalue weighted by molar-refractivity contribution is 7.92. The SMILES string of the molecule is Cc1cccc(NS(=O)(=O)c2ccc(N)cc2)c1C. The van der Waals surface area contributed by atoms with Crippen molar-refractivity contribution in [3.63, 3.8) is 0 Å². The molecule has 19 heavy (non-hydrogen) atoms. The monoisotopic (exact) mass is 276 g/mol. The van der Waals surface area contributed by atoms with Gasteiger partial charge >= 0.3 is 0 Å². The molecule has 0 aromatic heterocycles. The molecule has 100 valence electrons. The third-order valence-corrected chi connectivity index (χ3v) is 4.42. The largest absolute Gasteiger partial charge is 0.399 e. The third-order valence-electron chi connectivity index (χ3n) is 3.04. The number of aryl methyl sites for hydroxylation is 1. The van der Waals surface area contributed by atoms with Crippen LogP contribution in [0.3, 0.4) is 0 Å². The van der Waals surface area contributed by atoms with Crippen LogP contribution in [0.2, 0.25) is 0 Å². The van der Waals surface area contributed by atoms with Gasteiger partial charge in [-0.3, -0.25) is 4.72 Å². The normalized spacial score (nSPS) is 11.3. The van der Waals surface area contributed by atoms with Gasteiger partial charge in [0.15, 0.2) is 0 Å². The van der Waals surface area contributed by atoms with Crippen molar-refractivity contribution in [1.82, 2.24) is 0 Å². The van der Waals surface area contributed by atoms with Crippen LogP contribution in [0.5, 0.6) is 0 Å². The lowest BCUT2D eigenvalue weighted by molar-refractivity contribution is 0.601. The van der Waals surface area contributed by atoms with E-state index in [0.717, 1.165) is 11.1 Å². The molecule has 5 heteroatoms. The first-order valence-corrected chi connectivity index (χ1v) is 7.33. The zero-order valence-electron chi connectivity index (χ0n) is 10.8. The summed E-state index contributed by atoms with van der Waals surface area (Å²) in [5.41, 5.74) is 8.64. The van der Waals surface area contributed by atoms with Gasteiger partial charge in [0.05, 0.1) is 10.6 Å². The molecule has 2 aromatic rings. The fourth-order valence-electron chi connectivity index (χ4n) is 1.71. The smallest absolute Gasteiger partial charge is 0.261 e. The Balaban J connectivity index is 2.36. The summed E-state index contributed by atoms with van der Waals surface area (Å²) in [4.78, 5) is 0.197. The van der Waals surface area contributed by atoms with Crippen molar-refractivity contribution in [3.8, 4) is 0 Å². The van der Waals surface area contributed by atoms with Gasteiger partial charge in [-0.2, -0.15) is 0 Å². The Morgan fingerprint density at radius 3 is 2.26 bits per heavy atom. The Kier molecular flexibility index (Phi) is 3.48. The van der Waals surface area contributed by atoms with Gasteiger partial charge in [-0.15, -0.1) is 0 Å². The molecular weight excluding hydrogens is 260 g/mol. The van der Waals surface area contributed by atoms with Gasteiger partial charge < -0.3 is 5.73 Å². The highest BCUT2D eigenvalue weighted by Crippen LogP contribution is 2.22. The molecule has 0 fully saturated rings. The average Bonchev–Trinajstić information content (AvgIpc) is 2.35. The molecule has 0 atom stereocenters. The lowest BCUT2D eigenvalue weighted by Gasteiger charge is -2.12. The van der Waals surface area contributed by atoms with Crippen molar-refractivity contribution >= 4 is 21.4 Å². The number of rotatable bonds is 3. The molecule has 0 heterocycles. The third kappa shape index (κ3) is 2.88. The molecule has 0 bridgehead atoms. The number of hydrogen-bond acceptors (Lipinski definition) is 3. The van der Waals surface area contributed by atoms with Gasteiger partial charge in [-0.1, -0.05) is 12.1 Å². The van der Waals surface area contributed by atoms with E-state index in [2.05, 4.69) is 4.72 Å². The lowest BCUT2D eigenvalue weighted by atomic mass is 10.1. The van der Waals surface area contributed by atoms with Gasteiger partial charge in [0.2, 0.25) is 0 Å². The molecule has 0 radical (unpaired) electrons. The average molecular weight is 276 g/mol. The van der Waals surface area contributed by atoms with Crippen LogP contribution in [0.1, 0.15) is 11.1 Å². The van der Waals surface area contributed by atoms with E-state index in [4.69, 9.17) is 5.73 Å². The van der Waals surface area contributed by atoms with Crippen LogP contribution in [0.25, 0.3) is 0 Å². The number of benzene rings is 2. The Labute approximate surface area is 113 Å². The molecule has 0 aliphatic carbocycles. The molecule has 0 unspecified atom stereocenters. The van der Waals surface area contributed by atoms with Crippen LogP contribution in [-0.4, -0.2) is 8.42 Å². The summed E-state index contributed by atoms with van der Waals surface area (Å²) in [5, 5.41) is 0. The van der Waals surface area contributed by atoms with Crippen LogP contribution in [-0.2, 0) is 10.0 Å². The van der Waals surface area contributed by atoms with Crippen LogP contribution < -0.4 is 10.5 Å². The van der Waals surface area contributed by atoms with E-state index >= 15 is 0 Å². The molecule has 4 nitrogen and oxygen atoms in total. The summed E-state index contributed by atoms with van der Waals surface area (Å²) in [6.07, 6.45) is 0. The molecule has 0 amide bonds. The molecule has 2 aromatic carbocycles. The highest BCUT2D eigenvalue weighted by atomic mass is 32.2. The fraction of sp³-hybridized carbons (Fsp3) is 0.143. The molecular formula is C14H16N2O2S. The highest BCUT2D eigenvalue weighted by Gasteiger charge is 2.15. The Morgan fingerprint density at radius 2 is 1.63 bits per heavy atom. The van der Waals surface area contributed by atoms with E-state index in [0.29, 0.717) is 11.4 Å². The summed E-state index contributed by atoms with van der Waals surface area (Å²) >= 11 is 0. The maximum absolute atomic E-state index is 12.2. The minimum absolute atomic E-state index is 0.197. The van der Waals surface area contributed by atoms with Gasteiger partial charge in [0.25, 0.3) is 10.0 Å². The van der Waals surface area contributed by atoms with Gasteiger partial charge in [0, 0.05) is 5.69 Å². The number of sulfonamides is 1. The first kappa shape index (κ1) is 13.4. The first-order valence-electron chi connectivity index (χ1n) is 5.85. The van der Waals surface area contributed by atoms with Crippen LogP contribution in [0, 0.1) is 13.8 Å². The van der Waals surface area contributed by atoms with Gasteiger partial charge in [0.1, 0.15) is 0 Å². The van der Waals surface area contributed by atoms with Crippen molar-refractivity contribution in [1.29, 1.82) is 0 Å². The first-order chi connectivity index (χ1) is 8.90. The standard InChI is InChI=1S/C14H16N2O2S/c1-10-4-3-5-14(11(10)2)16-19(17,18)13-8-6-12(15)7-9-13/h3-9,16H,15H2,1-2H3. The number of nitrogens with two attached hydrogens (primary N) is 1. The van der Waals surface area contributed by atoms with Crippen LogP contribution in [0.4, 0.5) is 11.4 Å². The predicted octanol–water partition coefficient (Wildman–Crippen LogP) is 2.69. The maximum atomic E-state index is 12.2. The lowest BCUT2D eigenvalue weighted by Crippen LogP contribution is -2.14. The van der Waals surface area contributed by atoms with Gasteiger partial charge in [-0.05, 0) is 55.3 Å². The van der Waals surface area contributed by atoms with Crippen LogP contribution >= 0.6 is 0 Å². The molecule has 0 saturated carbocycles. The van der Waals surface area contributed by atoms with E-state index < -0.39 is 10.0 Å². The maximum Gasteiger partial charge on any atom is 0.261 e. The second-order valence-electron chi connectivity index (χ2n) is 4.42. The Hall–Kier alpha value is -2.01. The zero-order chi connectivity index (χ0) is 14.0. The number of hydrogen-bond donors (Lipinski definition) is 2. The van der Waals surface area contributed by atoms with Crippen molar-refractivity contribution in [2.24, 2.45) is 0 Å². The minimum Gasteiger partial charge on any atom is -0.399 e. The summed E-state index contributed by atoms with van der Waals surface area (Å²) in [7, 11) is -3.57. The fourth-order valence-corrected chi connectivity index (χ4v) is 2.84. The molecule has 0 saturated heterocycles. The van der Waals surface area contributed by atoms with E-state index in [1.165, 1.54) is 12.1 Å². The molecule has 0 aliphatic heterocycles. The number of nitrogens with one attached hydrogen (secondary N) is 1. The molecule has 0 spiro atoms. The second kappa shape index (κ2) is 4.93. The zero-order valence-corrected chi connectivity index (χ0v) is 11.7. The predicted molar refractivity (Wildman–Crippen MR) is 77.6 cm³/mol. The van der Waals surface area contributed by atoms with Crippen molar-refractivity contribution < 1.29 is 8.42 Å². The molecule has 0 aliphatic rings. The minimum atomic E-state index is -3.57. The Bertz CT molecular complexity index is 692. The summed E-state index contributed by atoms with van der Waals surface area (Å²) in [5.74, 6) is 0. The molecule has 3 N–H and O–H groups in total. The van der Waals surface area contributed by atoms with E-state index in [1.807, 2.05) is 26.0 Å². The summed E-state index contributed by atoms with van der Waals surface area (Å²) in [6, 6.07) is 11.6. The Morgan fingerprint density at radius 1 is 1.00 bits per heavy atom. The molecule has 2 rings (SSSR count). The van der Waals surface area contributed by atoms with E-state index in [-0.39, 0.29) is 4.90 Å². The van der Waals surface area contributed by atoms with Crippen molar-refractivity contribution in [2.45, 2.75) is 18.7 Å². The number of nitrogen functional groups attached to an aromatic ring is 1. The van der Waals surface area contributed by atoms with Crippen LogP contribution in [0.15, 0.2) is 47.4 Å². The second-order valence-corrected chi connectivity index (χ2v) is 6.10. The topological polar surface area (TPSA) is 72.2 Å². The van der Waals surface area contributed by atoms with Crippen molar-refractivity contribution in [3.05, 3.63) is 53.6 Å². The van der Waals surface area contributed by atoms with Gasteiger partial charge in [-0.25, -0.2) is 8.42 Å². The van der Waals surface area contributed by atoms with E-state index in [9.17, 15) is 8.42 Å². The summed E-state index contributed by atoms with van der Waals surface area (Å²) < 4.78 is 27.0. The van der Waals surface area contributed by atoms with E-state index in [1.54, 1.807) is 18.2 Å².